The van der Waals surface area contributed by atoms with Crippen LogP contribution in [0.1, 0.15) is 28.4 Å². The zero-order valence-corrected chi connectivity index (χ0v) is 10.7. The van der Waals surface area contributed by atoms with Gasteiger partial charge in [-0.15, -0.1) is 11.3 Å². The Hall–Kier alpha value is -2.21. The third-order valence-corrected chi connectivity index (χ3v) is 3.64. The van der Waals surface area contributed by atoms with Gasteiger partial charge in [0.15, 0.2) is 5.13 Å². The molecule has 2 heterocycles. The van der Waals surface area contributed by atoms with E-state index in [0.717, 1.165) is 5.56 Å². The Morgan fingerprint density at radius 3 is 3.05 bits per heavy atom. The van der Waals surface area contributed by atoms with E-state index in [9.17, 15) is 9.59 Å². The van der Waals surface area contributed by atoms with E-state index in [-0.39, 0.29) is 24.3 Å². The minimum absolute atomic E-state index is 0.123. The fourth-order valence-corrected chi connectivity index (χ4v) is 2.67. The summed E-state index contributed by atoms with van der Waals surface area (Å²) >= 11 is 1.36. The molecule has 2 aromatic rings. The molecule has 1 aromatic heterocycles. The van der Waals surface area contributed by atoms with E-state index in [1.54, 1.807) is 17.6 Å². The number of hydrogen-bond donors (Lipinski definition) is 2. The number of anilines is 1. The lowest BCUT2D eigenvalue weighted by molar-refractivity contribution is -0.116. The van der Waals surface area contributed by atoms with Crippen molar-refractivity contribution in [2.75, 3.05) is 5.32 Å². The van der Waals surface area contributed by atoms with Crippen LogP contribution < -0.4 is 10.6 Å². The second kappa shape index (κ2) is 4.81. The average Bonchev–Trinajstić information content (AvgIpc) is 3.00. The van der Waals surface area contributed by atoms with Crippen LogP contribution in [0, 0.1) is 0 Å². The second-order valence-corrected chi connectivity index (χ2v) is 5.10. The molecule has 0 bridgehead atoms. The Labute approximate surface area is 113 Å². The van der Waals surface area contributed by atoms with E-state index in [1.807, 2.05) is 18.2 Å². The first-order chi connectivity index (χ1) is 9.24. The summed E-state index contributed by atoms with van der Waals surface area (Å²) in [7, 11) is 0. The molecule has 2 N–H and O–H groups in total. The van der Waals surface area contributed by atoms with E-state index < -0.39 is 0 Å². The van der Waals surface area contributed by atoms with Crippen LogP contribution in [-0.4, -0.2) is 16.8 Å². The van der Waals surface area contributed by atoms with Crippen LogP contribution in [0.15, 0.2) is 35.8 Å². The predicted octanol–water partition coefficient (Wildman–Crippen LogP) is 1.96. The molecule has 2 amide bonds. The van der Waals surface area contributed by atoms with Crippen LogP contribution in [-0.2, 0) is 4.79 Å². The number of carbonyl (C=O) groups is 2. The van der Waals surface area contributed by atoms with Gasteiger partial charge in [0.25, 0.3) is 5.91 Å². The number of amides is 2. The molecule has 0 saturated heterocycles. The highest BCUT2D eigenvalue weighted by Crippen LogP contribution is 2.27. The topological polar surface area (TPSA) is 71.1 Å². The number of benzene rings is 1. The Morgan fingerprint density at radius 2 is 2.26 bits per heavy atom. The molecule has 5 nitrogen and oxygen atoms in total. The van der Waals surface area contributed by atoms with Crippen LogP contribution >= 0.6 is 11.3 Å². The van der Waals surface area contributed by atoms with Gasteiger partial charge >= 0.3 is 0 Å². The molecule has 96 valence electrons. The van der Waals surface area contributed by atoms with E-state index in [0.29, 0.717) is 10.7 Å². The average molecular weight is 273 g/mol. The standard InChI is InChI=1S/C13H11N3O2S/c17-11(16-13-14-5-6-19-13)7-10-8-3-1-2-4-9(8)12(18)15-10/h1-6,10H,7H2,(H,15,18)(H,14,16,17)/t10-/m0/s1. The van der Waals surface area contributed by atoms with Crippen LogP contribution in [0.4, 0.5) is 5.13 Å². The number of nitrogens with zero attached hydrogens (tertiary/aromatic N) is 1. The van der Waals surface area contributed by atoms with Crippen molar-refractivity contribution in [1.82, 2.24) is 10.3 Å². The van der Waals surface area contributed by atoms with Crippen LogP contribution in [0.25, 0.3) is 0 Å². The highest BCUT2D eigenvalue weighted by atomic mass is 32.1. The fourth-order valence-electron chi connectivity index (χ4n) is 2.12. The van der Waals surface area contributed by atoms with Gasteiger partial charge < -0.3 is 10.6 Å². The van der Waals surface area contributed by atoms with Gasteiger partial charge in [-0.3, -0.25) is 9.59 Å². The summed E-state index contributed by atoms with van der Waals surface area (Å²) in [5, 5.41) is 7.89. The number of fused-ring (bicyclic) bond motifs is 1. The number of hydrogen-bond acceptors (Lipinski definition) is 4. The van der Waals surface area contributed by atoms with Gasteiger partial charge in [-0.05, 0) is 11.6 Å². The number of nitrogens with one attached hydrogen (secondary N) is 2. The molecule has 0 fully saturated rings. The van der Waals surface area contributed by atoms with Crippen molar-refractivity contribution in [3.05, 3.63) is 47.0 Å². The van der Waals surface area contributed by atoms with Crippen molar-refractivity contribution in [3.8, 4) is 0 Å². The normalized spacial score (nSPS) is 16.8. The SMILES string of the molecule is O=C(C[C@@H]1NC(=O)c2ccccc21)Nc1nccs1. The summed E-state index contributed by atoms with van der Waals surface area (Å²) in [5.41, 5.74) is 1.52. The summed E-state index contributed by atoms with van der Waals surface area (Å²) in [6.07, 6.45) is 1.84. The molecular weight excluding hydrogens is 262 g/mol. The molecule has 0 saturated carbocycles. The highest BCUT2D eigenvalue weighted by molar-refractivity contribution is 7.13. The summed E-state index contributed by atoms with van der Waals surface area (Å²) in [4.78, 5) is 27.6. The van der Waals surface area contributed by atoms with E-state index in [4.69, 9.17) is 0 Å². The van der Waals surface area contributed by atoms with E-state index >= 15 is 0 Å². The Bertz CT molecular complexity index is 625. The minimum atomic E-state index is -0.260. The minimum Gasteiger partial charge on any atom is -0.345 e. The first kappa shape index (κ1) is 11.9. The Morgan fingerprint density at radius 1 is 1.42 bits per heavy atom. The quantitative estimate of drug-likeness (QED) is 0.898. The molecule has 1 aliphatic heterocycles. The van der Waals surface area contributed by atoms with Crippen molar-refractivity contribution in [1.29, 1.82) is 0 Å². The molecule has 1 aromatic carbocycles. The van der Waals surface area contributed by atoms with Crippen molar-refractivity contribution in [2.24, 2.45) is 0 Å². The van der Waals surface area contributed by atoms with Crippen molar-refractivity contribution in [2.45, 2.75) is 12.5 Å². The number of thiazole rings is 1. The largest absolute Gasteiger partial charge is 0.345 e. The highest BCUT2D eigenvalue weighted by Gasteiger charge is 2.29. The monoisotopic (exact) mass is 273 g/mol. The molecule has 6 heteroatoms. The summed E-state index contributed by atoms with van der Waals surface area (Å²) in [6, 6.07) is 7.06. The smallest absolute Gasteiger partial charge is 0.252 e. The zero-order chi connectivity index (χ0) is 13.2. The van der Waals surface area contributed by atoms with Gasteiger partial charge in [-0.25, -0.2) is 4.98 Å². The molecular formula is C13H11N3O2S. The lowest BCUT2D eigenvalue weighted by Crippen LogP contribution is -2.24. The van der Waals surface area contributed by atoms with Gasteiger partial charge in [0.2, 0.25) is 5.91 Å². The third kappa shape index (κ3) is 2.34. The molecule has 19 heavy (non-hydrogen) atoms. The number of aromatic nitrogens is 1. The summed E-state index contributed by atoms with van der Waals surface area (Å²) in [5.74, 6) is -0.278. The van der Waals surface area contributed by atoms with Gasteiger partial charge in [0.05, 0.1) is 12.5 Å². The number of carbonyl (C=O) groups excluding carboxylic acids is 2. The Kier molecular flexibility index (Phi) is 3.00. The van der Waals surface area contributed by atoms with E-state index in [1.165, 1.54) is 11.3 Å². The van der Waals surface area contributed by atoms with Crippen LogP contribution in [0.3, 0.4) is 0 Å². The predicted molar refractivity (Wildman–Crippen MR) is 72.0 cm³/mol. The maximum Gasteiger partial charge on any atom is 0.252 e. The van der Waals surface area contributed by atoms with Crippen LogP contribution in [0.2, 0.25) is 0 Å². The van der Waals surface area contributed by atoms with Gasteiger partial charge in [-0.1, -0.05) is 18.2 Å². The maximum absolute atomic E-state index is 11.9. The zero-order valence-electron chi connectivity index (χ0n) is 9.92. The molecule has 0 spiro atoms. The van der Waals surface area contributed by atoms with Gasteiger partial charge in [0.1, 0.15) is 0 Å². The third-order valence-electron chi connectivity index (χ3n) is 2.95. The lowest BCUT2D eigenvalue weighted by Gasteiger charge is -2.10. The molecule has 3 rings (SSSR count). The van der Waals surface area contributed by atoms with Gasteiger partial charge in [-0.2, -0.15) is 0 Å². The summed E-state index contributed by atoms with van der Waals surface area (Å²) < 4.78 is 0. The first-order valence-electron chi connectivity index (χ1n) is 5.83. The lowest BCUT2D eigenvalue weighted by atomic mass is 10.0. The molecule has 0 unspecified atom stereocenters. The van der Waals surface area contributed by atoms with Crippen molar-refractivity contribution >= 4 is 28.3 Å². The van der Waals surface area contributed by atoms with Gasteiger partial charge in [0, 0.05) is 17.1 Å². The number of rotatable bonds is 3. The second-order valence-electron chi connectivity index (χ2n) is 4.20. The van der Waals surface area contributed by atoms with Crippen LogP contribution in [0.5, 0.6) is 0 Å². The molecule has 0 radical (unpaired) electrons. The first-order valence-corrected chi connectivity index (χ1v) is 6.71. The van der Waals surface area contributed by atoms with Crippen molar-refractivity contribution < 1.29 is 9.59 Å². The fraction of sp³-hybridized carbons (Fsp3) is 0.154. The molecule has 1 atom stereocenters. The summed E-state index contributed by atoms with van der Waals surface area (Å²) in [6.45, 7) is 0. The van der Waals surface area contributed by atoms with E-state index in [2.05, 4.69) is 15.6 Å². The Balaban J connectivity index is 1.71. The molecule has 0 aliphatic carbocycles. The van der Waals surface area contributed by atoms with Crippen molar-refractivity contribution in [3.63, 3.8) is 0 Å². The molecule has 1 aliphatic rings. The maximum atomic E-state index is 11.9.